The third-order valence-electron chi connectivity index (χ3n) is 5.49. The molecule has 2 aromatic carbocycles. The van der Waals surface area contributed by atoms with Gasteiger partial charge in [-0.15, -0.1) is 0 Å². The molecule has 0 bridgehead atoms. The number of ether oxygens (including phenoxy) is 2. The van der Waals surface area contributed by atoms with Crippen LogP contribution in [0.2, 0.25) is 0 Å². The highest BCUT2D eigenvalue weighted by Gasteiger charge is 2.28. The summed E-state index contributed by atoms with van der Waals surface area (Å²) in [5, 5.41) is 3.97. The first kappa shape index (κ1) is 21.3. The van der Waals surface area contributed by atoms with Gasteiger partial charge in [-0.1, -0.05) is 5.16 Å². The summed E-state index contributed by atoms with van der Waals surface area (Å²) in [7, 11) is 0.759. The minimum Gasteiger partial charge on any atom is -0.497 e. The highest BCUT2D eigenvalue weighted by molar-refractivity contribution is 7.89. The maximum absolute atomic E-state index is 13.3. The van der Waals surface area contributed by atoms with Crippen LogP contribution in [0.25, 0.3) is 11.4 Å². The zero-order valence-electron chi connectivity index (χ0n) is 17.8. The Morgan fingerprint density at radius 3 is 2.35 bits per heavy atom. The molecular formula is C22H25N3O5S. The Morgan fingerprint density at radius 2 is 1.71 bits per heavy atom. The number of rotatable bonds is 7. The van der Waals surface area contributed by atoms with E-state index in [1.807, 2.05) is 18.2 Å². The van der Waals surface area contributed by atoms with E-state index in [2.05, 4.69) is 10.1 Å². The minimum atomic E-state index is -3.81. The van der Waals surface area contributed by atoms with Crippen molar-refractivity contribution in [3.05, 3.63) is 53.4 Å². The molecule has 3 aromatic rings. The number of aromatic nitrogens is 2. The SMILES string of the molecule is COc1ccc(-c2noc(CN(C)S(=O)(=O)c3cc4c(cc3OC)CCCC4)n2)cc1. The lowest BCUT2D eigenvalue weighted by atomic mass is 9.92. The largest absolute Gasteiger partial charge is 0.497 e. The zero-order valence-corrected chi connectivity index (χ0v) is 18.6. The second-order valence-corrected chi connectivity index (χ2v) is 9.49. The molecule has 0 unspecified atom stereocenters. The summed E-state index contributed by atoms with van der Waals surface area (Å²) in [4.78, 5) is 4.50. The number of aryl methyl sites for hydroxylation is 2. The fourth-order valence-electron chi connectivity index (χ4n) is 3.72. The first-order valence-electron chi connectivity index (χ1n) is 10.1. The molecular weight excluding hydrogens is 418 g/mol. The van der Waals surface area contributed by atoms with Crippen LogP contribution in [0.5, 0.6) is 11.5 Å². The van der Waals surface area contributed by atoms with Crippen LogP contribution in [0.15, 0.2) is 45.8 Å². The zero-order chi connectivity index (χ0) is 22.0. The summed E-state index contributed by atoms with van der Waals surface area (Å²) in [5.74, 6) is 1.66. The Morgan fingerprint density at radius 1 is 1.03 bits per heavy atom. The maximum Gasteiger partial charge on any atom is 0.246 e. The van der Waals surface area contributed by atoms with Gasteiger partial charge in [-0.3, -0.25) is 0 Å². The molecule has 164 valence electrons. The predicted octanol–water partition coefficient (Wildman–Crippen LogP) is 3.45. The maximum atomic E-state index is 13.3. The molecule has 0 radical (unpaired) electrons. The lowest BCUT2D eigenvalue weighted by molar-refractivity contribution is 0.335. The smallest absolute Gasteiger partial charge is 0.246 e. The number of methoxy groups -OCH3 is 2. The molecule has 0 aliphatic heterocycles. The van der Waals surface area contributed by atoms with Gasteiger partial charge in [0.2, 0.25) is 21.7 Å². The van der Waals surface area contributed by atoms with Crippen LogP contribution < -0.4 is 9.47 Å². The Balaban J connectivity index is 1.57. The molecule has 31 heavy (non-hydrogen) atoms. The molecule has 0 fully saturated rings. The van der Waals surface area contributed by atoms with Crippen molar-refractivity contribution in [2.75, 3.05) is 21.3 Å². The van der Waals surface area contributed by atoms with E-state index in [9.17, 15) is 8.42 Å². The molecule has 1 aliphatic carbocycles. The van der Waals surface area contributed by atoms with Gasteiger partial charge in [0, 0.05) is 12.6 Å². The fourth-order valence-corrected chi connectivity index (χ4v) is 5.03. The van der Waals surface area contributed by atoms with Crippen molar-refractivity contribution < 1.29 is 22.4 Å². The van der Waals surface area contributed by atoms with Crippen LogP contribution in [0.3, 0.4) is 0 Å². The van der Waals surface area contributed by atoms with E-state index < -0.39 is 10.0 Å². The van der Waals surface area contributed by atoms with E-state index >= 15 is 0 Å². The van der Waals surface area contributed by atoms with Crippen molar-refractivity contribution in [1.29, 1.82) is 0 Å². The second kappa shape index (κ2) is 8.68. The normalized spacial score (nSPS) is 13.8. The molecule has 4 rings (SSSR count). The molecule has 0 saturated carbocycles. The quantitative estimate of drug-likeness (QED) is 0.552. The molecule has 1 heterocycles. The first-order chi connectivity index (χ1) is 14.9. The van der Waals surface area contributed by atoms with Gasteiger partial charge in [-0.25, -0.2) is 8.42 Å². The summed E-state index contributed by atoms with van der Waals surface area (Å²) in [5.41, 5.74) is 2.97. The number of hydrogen-bond donors (Lipinski definition) is 0. The summed E-state index contributed by atoms with van der Waals surface area (Å²) >= 11 is 0. The van der Waals surface area contributed by atoms with Gasteiger partial charge in [-0.05, 0) is 73.2 Å². The number of hydrogen-bond acceptors (Lipinski definition) is 7. The summed E-state index contributed by atoms with van der Waals surface area (Å²) < 4.78 is 43.6. The number of sulfonamides is 1. The van der Waals surface area contributed by atoms with E-state index in [1.54, 1.807) is 25.3 Å². The highest BCUT2D eigenvalue weighted by Crippen LogP contribution is 2.33. The van der Waals surface area contributed by atoms with Crippen molar-refractivity contribution in [3.63, 3.8) is 0 Å². The van der Waals surface area contributed by atoms with Crippen LogP contribution in [0.4, 0.5) is 0 Å². The van der Waals surface area contributed by atoms with Crippen molar-refractivity contribution >= 4 is 10.0 Å². The fraction of sp³-hybridized carbons (Fsp3) is 0.364. The second-order valence-electron chi connectivity index (χ2n) is 7.48. The van der Waals surface area contributed by atoms with Gasteiger partial charge in [0.25, 0.3) is 0 Å². The molecule has 0 saturated heterocycles. The van der Waals surface area contributed by atoms with Gasteiger partial charge < -0.3 is 14.0 Å². The van der Waals surface area contributed by atoms with Crippen molar-refractivity contribution in [3.8, 4) is 22.9 Å². The third-order valence-corrected chi connectivity index (χ3v) is 7.32. The molecule has 1 aliphatic rings. The van der Waals surface area contributed by atoms with Gasteiger partial charge in [-0.2, -0.15) is 9.29 Å². The molecule has 9 heteroatoms. The van der Waals surface area contributed by atoms with Crippen LogP contribution in [0, 0.1) is 0 Å². The Kier molecular flexibility index (Phi) is 5.97. The third kappa shape index (κ3) is 4.28. The van der Waals surface area contributed by atoms with Crippen molar-refractivity contribution in [1.82, 2.24) is 14.4 Å². The van der Waals surface area contributed by atoms with Crippen LogP contribution in [-0.4, -0.2) is 44.1 Å². The molecule has 0 amide bonds. The average molecular weight is 444 g/mol. The Bertz CT molecular complexity index is 1170. The average Bonchev–Trinajstić information content (AvgIpc) is 3.26. The summed E-state index contributed by atoms with van der Waals surface area (Å²) in [6.45, 7) is -0.0499. The summed E-state index contributed by atoms with van der Waals surface area (Å²) in [6, 6.07) is 10.8. The topological polar surface area (TPSA) is 94.8 Å². The Hall–Kier alpha value is -2.91. The highest BCUT2D eigenvalue weighted by atomic mass is 32.2. The van der Waals surface area contributed by atoms with Gasteiger partial charge in [0.1, 0.15) is 16.4 Å². The van der Waals surface area contributed by atoms with Crippen LogP contribution in [0.1, 0.15) is 29.9 Å². The van der Waals surface area contributed by atoms with Crippen molar-refractivity contribution in [2.45, 2.75) is 37.1 Å². The molecule has 1 aromatic heterocycles. The predicted molar refractivity (Wildman–Crippen MR) is 115 cm³/mol. The first-order valence-corrected chi connectivity index (χ1v) is 11.5. The van der Waals surface area contributed by atoms with Crippen molar-refractivity contribution in [2.24, 2.45) is 0 Å². The molecule has 8 nitrogen and oxygen atoms in total. The number of fused-ring (bicyclic) bond motifs is 1. The lowest BCUT2D eigenvalue weighted by Gasteiger charge is -2.22. The molecule has 0 N–H and O–H groups in total. The minimum absolute atomic E-state index is 0.0499. The molecule has 0 spiro atoms. The lowest BCUT2D eigenvalue weighted by Crippen LogP contribution is -2.27. The van der Waals surface area contributed by atoms with Crippen LogP contribution >= 0.6 is 0 Å². The van der Waals surface area contributed by atoms with E-state index in [0.717, 1.165) is 48.1 Å². The van der Waals surface area contributed by atoms with Crippen LogP contribution in [-0.2, 0) is 29.4 Å². The summed E-state index contributed by atoms with van der Waals surface area (Å²) in [6.07, 6.45) is 3.99. The molecule has 0 atom stereocenters. The van der Waals surface area contributed by atoms with Gasteiger partial charge in [0.05, 0.1) is 20.8 Å². The standard InChI is InChI=1S/C22H25N3O5S/c1-25(14-21-23-22(24-30-21)15-8-10-18(28-2)11-9-15)31(26,27)20-13-17-7-5-4-6-16(17)12-19(20)29-3/h8-13H,4-7,14H2,1-3H3. The van der Waals surface area contributed by atoms with E-state index in [1.165, 1.54) is 18.5 Å². The van der Waals surface area contributed by atoms with E-state index in [-0.39, 0.29) is 17.3 Å². The van der Waals surface area contributed by atoms with Gasteiger partial charge in [0.15, 0.2) is 0 Å². The number of benzene rings is 2. The number of nitrogens with zero attached hydrogens (tertiary/aromatic N) is 3. The van der Waals surface area contributed by atoms with E-state index in [4.69, 9.17) is 14.0 Å². The monoisotopic (exact) mass is 443 g/mol. The van der Waals surface area contributed by atoms with Gasteiger partial charge >= 0.3 is 0 Å². The Labute approximate surface area is 181 Å². The van der Waals surface area contributed by atoms with E-state index in [0.29, 0.717) is 11.6 Å².